The van der Waals surface area contributed by atoms with E-state index in [1.54, 1.807) is 35.6 Å². The minimum atomic E-state index is -0.362. The summed E-state index contributed by atoms with van der Waals surface area (Å²) in [6.45, 7) is 0.523. The van der Waals surface area contributed by atoms with Gasteiger partial charge in [0.2, 0.25) is 5.91 Å². The lowest BCUT2D eigenvalue weighted by Gasteiger charge is -2.24. The number of thiophene rings is 1. The molecule has 3 heterocycles. The van der Waals surface area contributed by atoms with Gasteiger partial charge < -0.3 is 4.90 Å². The van der Waals surface area contributed by atoms with Crippen molar-refractivity contribution in [2.45, 2.75) is 25.4 Å². The van der Waals surface area contributed by atoms with E-state index in [0.29, 0.717) is 17.3 Å². The lowest BCUT2D eigenvalue weighted by molar-refractivity contribution is -0.133. The largest absolute Gasteiger partial charge is 0.333 e. The Bertz CT molecular complexity index is 1040. The Morgan fingerprint density at radius 1 is 1.16 bits per heavy atom. The van der Waals surface area contributed by atoms with Crippen molar-refractivity contribution in [3.05, 3.63) is 67.4 Å². The summed E-state index contributed by atoms with van der Waals surface area (Å²) in [5.41, 5.74) is -0.713. The number of carbonyl (C=O) groups excluding carboxylic acids is 1. The lowest BCUT2D eigenvalue weighted by atomic mass is 10.2. The first-order chi connectivity index (χ1) is 12.1. The van der Waals surface area contributed by atoms with Crippen LogP contribution in [0.15, 0.2) is 51.4 Å². The van der Waals surface area contributed by atoms with Crippen LogP contribution in [0.5, 0.6) is 0 Å². The van der Waals surface area contributed by atoms with Gasteiger partial charge in [-0.15, -0.1) is 11.3 Å². The molecule has 1 N–H and O–H groups in total. The Morgan fingerprint density at radius 2 is 1.96 bits per heavy atom. The van der Waals surface area contributed by atoms with E-state index < -0.39 is 0 Å². The molecule has 1 aliphatic rings. The minimum absolute atomic E-state index is 0.0652. The van der Waals surface area contributed by atoms with Crippen LogP contribution in [0.3, 0.4) is 0 Å². The first-order valence-electron chi connectivity index (χ1n) is 8.20. The molecule has 1 amide bonds. The summed E-state index contributed by atoms with van der Waals surface area (Å²) in [6, 6.07) is 10.7. The molecule has 25 heavy (non-hydrogen) atoms. The second-order valence-electron chi connectivity index (χ2n) is 6.14. The number of amides is 1. The van der Waals surface area contributed by atoms with E-state index in [2.05, 4.69) is 5.10 Å². The molecule has 2 aromatic heterocycles. The van der Waals surface area contributed by atoms with Crippen LogP contribution in [0.4, 0.5) is 0 Å². The van der Waals surface area contributed by atoms with Crippen molar-refractivity contribution in [3.8, 4) is 0 Å². The van der Waals surface area contributed by atoms with Crippen LogP contribution in [0.1, 0.15) is 23.8 Å². The number of nitrogens with one attached hydrogen (secondary N) is 1. The van der Waals surface area contributed by atoms with E-state index >= 15 is 0 Å². The molecule has 128 valence electrons. The molecule has 0 spiro atoms. The van der Waals surface area contributed by atoms with Crippen LogP contribution in [-0.2, 0) is 11.3 Å². The number of benzene rings is 1. The Labute approximate surface area is 147 Å². The maximum atomic E-state index is 12.8. The van der Waals surface area contributed by atoms with Crippen molar-refractivity contribution in [1.82, 2.24) is 14.7 Å². The molecule has 1 aromatic carbocycles. The van der Waals surface area contributed by atoms with Gasteiger partial charge in [-0.05, 0) is 36.4 Å². The van der Waals surface area contributed by atoms with Crippen LogP contribution in [0.25, 0.3) is 10.8 Å². The highest BCUT2D eigenvalue weighted by Crippen LogP contribution is 2.34. The molecule has 0 saturated carbocycles. The third-order valence-corrected chi connectivity index (χ3v) is 5.60. The molecule has 1 saturated heterocycles. The number of aromatic amines is 1. The highest BCUT2D eigenvalue weighted by atomic mass is 32.1. The fraction of sp³-hybridized carbons (Fsp3) is 0.278. The molecule has 0 bridgehead atoms. The lowest BCUT2D eigenvalue weighted by Crippen LogP contribution is -2.38. The minimum Gasteiger partial charge on any atom is -0.333 e. The molecule has 1 aliphatic heterocycles. The summed E-state index contributed by atoms with van der Waals surface area (Å²) in [6.07, 6.45) is 1.87. The van der Waals surface area contributed by atoms with E-state index in [-0.39, 0.29) is 29.6 Å². The van der Waals surface area contributed by atoms with Crippen molar-refractivity contribution < 1.29 is 4.79 Å². The third kappa shape index (κ3) is 2.80. The number of fused-ring (bicyclic) bond motifs is 1. The number of likely N-dealkylation sites (tertiary alicyclic amines) is 1. The highest BCUT2D eigenvalue weighted by molar-refractivity contribution is 7.10. The third-order valence-electron chi connectivity index (χ3n) is 4.62. The monoisotopic (exact) mass is 355 g/mol. The maximum Gasteiger partial charge on any atom is 0.273 e. The van der Waals surface area contributed by atoms with Crippen molar-refractivity contribution in [3.63, 3.8) is 0 Å². The van der Waals surface area contributed by atoms with Gasteiger partial charge in [-0.25, -0.2) is 4.68 Å². The summed E-state index contributed by atoms with van der Waals surface area (Å²) >= 11 is 1.63. The van der Waals surface area contributed by atoms with Gasteiger partial charge in [0.1, 0.15) is 6.54 Å². The standard InChI is InChI=1S/C18H17N3O3S/c22-16(20-9-3-7-14(20)15-8-4-10-25-15)11-21-18(24)13-6-2-1-5-12(13)17(23)19-21/h1-2,4-6,8,10,14H,3,7,9,11H2,(H,19,23)/t14-/m0/s1. The van der Waals surface area contributed by atoms with Gasteiger partial charge in [0.15, 0.2) is 0 Å². The number of carbonyl (C=O) groups is 1. The first kappa shape index (κ1) is 15.8. The normalized spacial score (nSPS) is 17.3. The smallest absolute Gasteiger partial charge is 0.273 e. The quantitative estimate of drug-likeness (QED) is 0.782. The first-order valence-corrected chi connectivity index (χ1v) is 9.08. The van der Waals surface area contributed by atoms with Crippen molar-refractivity contribution in [2.24, 2.45) is 0 Å². The van der Waals surface area contributed by atoms with Gasteiger partial charge in [0.05, 0.1) is 16.8 Å². The number of aromatic nitrogens is 2. The molecule has 0 radical (unpaired) electrons. The average molecular weight is 355 g/mol. The fourth-order valence-electron chi connectivity index (χ4n) is 3.43. The van der Waals surface area contributed by atoms with Crippen LogP contribution < -0.4 is 11.1 Å². The number of hydrogen-bond donors (Lipinski definition) is 1. The Balaban J connectivity index is 1.65. The summed E-state index contributed by atoms with van der Waals surface area (Å²) in [5, 5.41) is 5.20. The second-order valence-corrected chi connectivity index (χ2v) is 7.12. The molecule has 0 unspecified atom stereocenters. The van der Waals surface area contributed by atoms with Crippen LogP contribution in [-0.4, -0.2) is 27.1 Å². The van der Waals surface area contributed by atoms with Crippen molar-refractivity contribution >= 4 is 28.0 Å². The maximum absolute atomic E-state index is 12.8. The van der Waals surface area contributed by atoms with Crippen molar-refractivity contribution in [2.75, 3.05) is 6.54 Å². The van der Waals surface area contributed by atoms with E-state index in [4.69, 9.17) is 0 Å². The molecular weight excluding hydrogens is 338 g/mol. The predicted octanol–water partition coefficient (Wildman–Crippen LogP) is 2.11. The molecule has 1 atom stereocenters. The molecule has 4 rings (SSSR count). The summed E-state index contributed by atoms with van der Waals surface area (Å²) in [4.78, 5) is 40.5. The summed E-state index contributed by atoms with van der Waals surface area (Å²) < 4.78 is 1.12. The van der Waals surface area contributed by atoms with Gasteiger partial charge in [0, 0.05) is 11.4 Å². The molecule has 6 nitrogen and oxygen atoms in total. The van der Waals surface area contributed by atoms with Gasteiger partial charge >= 0.3 is 0 Å². The van der Waals surface area contributed by atoms with Gasteiger partial charge in [0.25, 0.3) is 11.1 Å². The number of H-pyrrole nitrogens is 1. The summed E-state index contributed by atoms with van der Waals surface area (Å²) in [7, 11) is 0. The zero-order chi connectivity index (χ0) is 17.4. The number of nitrogens with zero attached hydrogens (tertiary/aromatic N) is 2. The Morgan fingerprint density at radius 3 is 2.72 bits per heavy atom. The molecule has 7 heteroatoms. The van der Waals surface area contributed by atoms with E-state index in [9.17, 15) is 14.4 Å². The SMILES string of the molecule is O=C(Cn1[nH]c(=O)c2ccccc2c1=O)N1CCC[C@H]1c1cccs1. The molecule has 1 fully saturated rings. The van der Waals surface area contributed by atoms with E-state index in [1.807, 2.05) is 22.4 Å². The van der Waals surface area contributed by atoms with Crippen molar-refractivity contribution in [1.29, 1.82) is 0 Å². The topological polar surface area (TPSA) is 75.2 Å². The Hall–Kier alpha value is -2.67. The zero-order valence-electron chi connectivity index (χ0n) is 13.5. The second kappa shape index (κ2) is 6.33. The van der Waals surface area contributed by atoms with E-state index in [0.717, 1.165) is 22.4 Å². The summed E-state index contributed by atoms with van der Waals surface area (Å²) in [5.74, 6) is -0.149. The van der Waals surface area contributed by atoms with E-state index in [1.165, 1.54) is 0 Å². The van der Waals surface area contributed by atoms with Crippen LogP contribution in [0, 0.1) is 0 Å². The van der Waals surface area contributed by atoms with Gasteiger partial charge in [-0.2, -0.15) is 0 Å². The van der Waals surface area contributed by atoms with Crippen LogP contribution >= 0.6 is 11.3 Å². The van der Waals surface area contributed by atoms with Gasteiger partial charge in [-0.1, -0.05) is 18.2 Å². The van der Waals surface area contributed by atoms with Gasteiger partial charge in [-0.3, -0.25) is 19.5 Å². The molecule has 0 aliphatic carbocycles. The van der Waals surface area contributed by atoms with Crippen LogP contribution in [0.2, 0.25) is 0 Å². The highest BCUT2D eigenvalue weighted by Gasteiger charge is 2.30. The predicted molar refractivity (Wildman–Crippen MR) is 96.8 cm³/mol. The number of hydrogen-bond acceptors (Lipinski definition) is 4. The number of rotatable bonds is 3. The molecule has 3 aromatic rings. The fourth-order valence-corrected chi connectivity index (χ4v) is 4.30. The molecular formula is C18H17N3O3S. The Kier molecular flexibility index (Phi) is 4.01. The average Bonchev–Trinajstić information content (AvgIpc) is 3.30. The zero-order valence-corrected chi connectivity index (χ0v) is 14.3.